The summed E-state index contributed by atoms with van der Waals surface area (Å²) in [5, 5.41) is 0. The molecule has 0 amide bonds. The lowest BCUT2D eigenvalue weighted by atomic mass is 10.1. The number of hydrogen-bond donors (Lipinski definition) is 1. The lowest BCUT2D eigenvalue weighted by Crippen LogP contribution is -2.51. The molecule has 4 nitrogen and oxygen atoms in total. The summed E-state index contributed by atoms with van der Waals surface area (Å²) >= 11 is 2.01. The molecule has 96 valence electrons. The molecule has 5 heteroatoms. The first-order valence-corrected chi connectivity index (χ1v) is 7.41. The van der Waals surface area contributed by atoms with Crippen molar-refractivity contribution >= 4 is 11.8 Å². The summed E-state index contributed by atoms with van der Waals surface area (Å²) in [7, 11) is 2.18. The Morgan fingerprint density at radius 2 is 2.47 bits per heavy atom. The van der Waals surface area contributed by atoms with Crippen molar-refractivity contribution in [2.24, 2.45) is 5.73 Å². The summed E-state index contributed by atoms with van der Waals surface area (Å²) in [5.41, 5.74) is 6.35. The Labute approximate surface area is 108 Å². The molecular formula is C12H22N4S. The Kier molecular flexibility index (Phi) is 4.48. The summed E-state index contributed by atoms with van der Waals surface area (Å²) < 4.78 is 2.18. The molecule has 2 rings (SSSR count). The molecule has 1 aromatic rings. The minimum atomic E-state index is 0.181. The van der Waals surface area contributed by atoms with Crippen LogP contribution in [-0.2, 0) is 13.0 Å². The van der Waals surface area contributed by atoms with Crippen molar-refractivity contribution in [3.63, 3.8) is 0 Å². The molecule has 0 aromatic carbocycles. The fourth-order valence-corrected chi connectivity index (χ4v) is 3.65. The van der Waals surface area contributed by atoms with Crippen LogP contribution in [0.25, 0.3) is 0 Å². The van der Waals surface area contributed by atoms with Crippen LogP contribution in [0, 0.1) is 0 Å². The highest BCUT2D eigenvalue weighted by atomic mass is 32.2. The highest BCUT2D eigenvalue weighted by molar-refractivity contribution is 7.99. The number of thioether (sulfide) groups is 1. The Bertz CT molecular complexity index is 352. The van der Waals surface area contributed by atoms with Crippen molar-refractivity contribution in [3.05, 3.63) is 18.2 Å². The summed E-state index contributed by atoms with van der Waals surface area (Å²) in [4.78, 5) is 6.79. The van der Waals surface area contributed by atoms with Crippen molar-refractivity contribution in [2.75, 3.05) is 25.1 Å². The van der Waals surface area contributed by atoms with Crippen molar-refractivity contribution in [1.29, 1.82) is 0 Å². The maximum absolute atomic E-state index is 6.35. The van der Waals surface area contributed by atoms with Crippen molar-refractivity contribution in [1.82, 2.24) is 14.5 Å². The predicted molar refractivity (Wildman–Crippen MR) is 73.3 cm³/mol. The summed E-state index contributed by atoms with van der Waals surface area (Å²) in [6, 6.07) is 0.663. The van der Waals surface area contributed by atoms with Gasteiger partial charge in [0.2, 0.25) is 0 Å². The van der Waals surface area contributed by atoms with Gasteiger partial charge in [-0.25, -0.2) is 4.98 Å². The maximum Gasteiger partial charge on any atom is 0.110 e. The average Bonchev–Trinajstić information content (AvgIpc) is 2.76. The monoisotopic (exact) mass is 254 g/mol. The van der Waals surface area contributed by atoms with Gasteiger partial charge in [-0.05, 0) is 14.0 Å². The Morgan fingerprint density at radius 3 is 3.18 bits per heavy atom. The molecule has 2 unspecified atom stereocenters. The smallest absolute Gasteiger partial charge is 0.110 e. The molecule has 1 fully saturated rings. The Balaban J connectivity index is 1.98. The minimum Gasteiger partial charge on any atom is -0.335 e. The van der Waals surface area contributed by atoms with E-state index in [4.69, 9.17) is 5.73 Å². The normalized spacial score (nSPS) is 23.8. The zero-order chi connectivity index (χ0) is 12.3. The van der Waals surface area contributed by atoms with Crippen molar-refractivity contribution in [2.45, 2.75) is 32.0 Å². The van der Waals surface area contributed by atoms with Crippen LogP contribution in [0.3, 0.4) is 0 Å². The van der Waals surface area contributed by atoms with Gasteiger partial charge in [-0.1, -0.05) is 0 Å². The van der Waals surface area contributed by atoms with E-state index >= 15 is 0 Å². The van der Waals surface area contributed by atoms with Gasteiger partial charge in [0, 0.05) is 55.5 Å². The van der Waals surface area contributed by atoms with Crippen LogP contribution in [0.1, 0.15) is 12.7 Å². The molecule has 1 aromatic heterocycles. The van der Waals surface area contributed by atoms with Crippen molar-refractivity contribution < 1.29 is 0 Å². The van der Waals surface area contributed by atoms with Gasteiger partial charge in [0.25, 0.3) is 0 Å². The maximum atomic E-state index is 6.35. The van der Waals surface area contributed by atoms with Gasteiger partial charge in [0.1, 0.15) is 5.82 Å². The first-order chi connectivity index (χ1) is 8.22. The number of imidazole rings is 1. The fourth-order valence-electron chi connectivity index (χ4n) is 2.32. The van der Waals surface area contributed by atoms with E-state index in [9.17, 15) is 0 Å². The molecule has 2 N–H and O–H groups in total. The van der Waals surface area contributed by atoms with Gasteiger partial charge in [-0.3, -0.25) is 0 Å². The number of aromatic nitrogens is 2. The largest absolute Gasteiger partial charge is 0.335 e. The number of rotatable bonds is 4. The number of likely N-dealkylation sites (N-methyl/N-ethyl adjacent to an activating group) is 1. The third-order valence-electron chi connectivity index (χ3n) is 3.50. The van der Waals surface area contributed by atoms with Crippen LogP contribution < -0.4 is 5.73 Å². The van der Waals surface area contributed by atoms with E-state index in [2.05, 4.69) is 28.4 Å². The second-order valence-corrected chi connectivity index (χ2v) is 5.77. The third kappa shape index (κ3) is 3.03. The van der Waals surface area contributed by atoms with E-state index < -0.39 is 0 Å². The molecule has 1 aliphatic rings. The molecule has 0 aliphatic carbocycles. The predicted octanol–water partition coefficient (Wildman–Crippen LogP) is 0.820. The quantitative estimate of drug-likeness (QED) is 0.864. The van der Waals surface area contributed by atoms with Gasteiger partial charge >= 0.3 is 0 Å². The number of hydrogen-bond acceptors (Lipinski definition) is 4. The molecule has 0 spiro atoms. The topological polar surface area (TPSA) is 47.1 Å². The summed E-state index contributed by atoms with van der Waals surface area (Å²) in [6.45, 7) is 4.25. The highest BCUT2D eigenvalue weighted by Gasteiger charge is 2.26. The Hall–Kier alpha value is -0.520. The van der Waals surface area contributed by atoms with Gasteiger partial charge in [-0.15, -0.1) is 0 Å². The van der Waals surface area contributed by atoms with Crippen LogP contribution in [0.4, 0.5) is 0 Å². The zero-order valence-corrected chi connectivity index (χ0v) is 11.5. The van der Waals surface area contributed by atoms with Gasteiger partial charge in [0.15, 0.2) is 0 Å². The molecule has 2 atom stereocenters. The van der Waals surface area contributed by atoms with E-state index in [0.29, 0.717) is 6.04 Å². The molecule has 17 heavy (non-hydrogen) atoms. The molecule has 0 saturated carbocycles. The van der Waals surface area contributed by atoms with E-state index in [1.807, 2.05) is 24.2 Å². The minimum absolute atomic E-state index is 0.181. The molecule has 1 aliphatic heterocycles. The van der Waals surface area contributed by atoms with E-state index in [-0.39, 0.29) is 6.04 Å². The van der Waals surface area contributed by atoms with Gasteiger partial charge < -0.3 is 15.2 Å². The lowest BCUT2D eigenvalue weighted by Gasteiger charge is -2.36. The second kappa shape index (κ2) is 5.89. The van der Waals surface area contributed by atoms with Gasteiger partial charge in [-0.2, -0.15) is 11.8 Å². The average molecular weight is 254 g/mol. The SMILES string of the molecule is CCn1ccnc1CC(N)C1CSCCN1C. The molecule has 0 bridgehead atoms. The second-order valence-electron chi connectivity index (χ2n) is 4.62. The molecule has 1 saturated heterocycles. The van der Waals surface area contributed by atoms with Crippen LogP contribution in [-0.4, -0.2) is 51.6 Å². The number of aryl methyl sites for hydroxylation is 1. The van der Waals surface area contributed by atoms with Crippen LogP contribution in [0.15, 0.2) is 12.4 Å². The fraction of sp³-hybridized carbons (Fsp3) is 0.750. The summed E-state index contributed by atoms with van der Waals surface area (Å²) in [5.74, 6) is 3.48. The summed E-state index contributed by atoms with van der Waals surface area (Å²) in [6.07, 6.45) is 4.77. The van der Waals surface area contributed by atoms with Gasteiger partial charge in [0.05, 0.1) is 0 Å². The third-order valence-corrected chi connectivity index (χ3v) is 4.55. The number of nitrogens with two attached hydrogens (primary N) is 1. The number of nitrogens with zero attached hydrogens (tertiary/aromatic N) is 3. The van der Waals surface area contributed by atoms with E-state index in [0.717, 1.165) is 31.1 Å². The van der Waals surface area contributed by atoms with Crippen LogP contribution >= 0.6 is 11.8 Å². The highest BCUT2D eigenvalue weighted by Crippen LogP contribution is 2.18. The van der Waals surface area contributed by atoms with Crippen molar-refractivity contribution in [3.8, 4) is 0 Å². The standard InChI is InChI=1S/C12H22N4S/c1-3-16-5-4-14-12(16)8-10(13)11-9-17-7-6-15(11)2/h4-5,10-11H,3,6-9,13H2,1-2H3. The molecule has 0 radical (unpaired) electrons. The Morgan fingerprint density at radius 1 is 1.65 bits per heavy atom. The van der Waals surface area contributed by atoms with E-state index in [1.54, 1.807) is 0 Å². The van der Waals surface area contributed by atoms with E-state index in [1.165, 1.54) is 5.75 Å². The zero-order valence-electron chi connectivity index (χ0n) is 10.7. The first kappa shape index (κ1) is 12.9. The molecule has 2 heterocycles. The molecular weight excluding hydrogens is 232 g/mol. The van der Waals surface area contributed by atoms with Crippen LogP contribution in [0.2, 0.25) is 0 Å². The van der Waals surface area contributed by atoms with Crippen LogP contribution in [0.5, 0.6) is 0 Å². The first-order valence-electron chi connectivity index (χ1n) is 6.26. The lowest BCUT2D eigenvalue weighted by molar-refractivity contribution is 0.233.